The number of nitrogens with one attached hydrogen (secondary N) is 1. The highest BCUT2D eigenvalue weighted by Gasteiger charge is 2.07. The van der Waals surface area contributed by atoms with Gasteiger partial charge >= 0.3 is 0 Å². The van der Waals surface area contributed by atoms with E-state index in [1.54, 1.807) is 18.2 Å². The SMILES string of the molecule is Cc1ccc(/C=C/C(=O)Nc2nnc(SCc3ccc(F)cc3)s2)cc1. The lowest BCUT2D eigenvalue weighted by atomic mass is 10.1. The molecule has 132 valence electrons. The summed E-state index contributed by atoms with van der Waals surface area (Å²) in [5, 5.41) is 11.2. The van der Waals surface area contributed by atoms with E-state index in [0.717, 1.165) is 15.5 Å². The van der Waals surface area contributed by atoms with Crippen LogP contribution in [0.5, 0.6) is 0 Å². The molecule has 26 heavy (non-hydrogen) atoms. The highest BCUT2D eigenvalue weighted by Crippen LogP contribution is 2.28. The zero-order valence-corrected chi connectivity index (χ0v) is 15.6. The number of amides is 1. The number of aromatic nitrogens is 2. The number of carbonyl (C=O) groups excluding carboxylic acids is 1. The van der Waals surface area contributed by atoms with E-state index in [4.69, 9.17) is 0 Å². The van der Waals surface area contributed by atoms with Gasteiger partial charge in [-0.3, -0.25) is 10.1 Å². The maximum Gasteiger partial charge on any atom is 0.250 e. The van der Waals surface area contributed by atoms with Gasteiger partial charge in [-0.15, -0.1) is 10.2 Å². The average Bonchev–Trinajstić information content (AvgIpc) is 3.08. The molecule has 0 aliphatic rings. The molecule has 2 aromatic carbocycles. The largest absolute Gasteiger partial charge is 0.297 e. The Balaban J connectivity index is 1.51. The van der Waals surface area contributed by atoms with Crippen molar-refractivity contribution >= 4 is 40.2 Å². The first-order chi connectivity index (χ1) is 12.6. The molecule has 0 saturated heterocycles. The monoisotopic (exact) mass is 385 g/mol. The molecule has 0 spiro atoms. The normalized spacial score (nSPS) is 11.0. The molecule has 3 rings (SSSR count). The van der Waals surface area contributed by atoms with Crippen molar-refractivity contribution in [3.8, 4) is 0 Å². The first-order valence-corrected chi connectivity index (χ1v) is 9.65. The Hall–Kier alpha value is -2.51. The smallest absolute Gasteiger partial charge is 0.250 e. The molecule has 1 aromatic heterocycles. The molecule has 0 bridgehead atoms. The Morgan fingerprint density at radius 3 is 2.62 bits per heavy atom. The van der Waals surface area contributed by atoms with Gasteiger partial charge in [-0.25, -0.2) is 4.39 Å². The van der Waals surface area contributed by atoms with Crippen LogP contribution >= 0.6 is 23.1 Å². The summed E-state index contributed by atoms with van der Waals surface area (Å²) >= 11 is 2.80. The van der Waals surface area contributed by atoms with E-state index < -0.39 is 0 Å². The maximum absolute atomic E-state index is 12.9. The first-order valence-electron chi connectivity index (χ1n) is 7.85. The Morgan fingerprint density at radius 1 is 1.15 bits per heavy atom. The Morgan fingerprint density at radius 2 is 1.88 bits per heavy atom. The van der Waals surface area contributed by atoms with Crippen LogP contribution in [-0.4, -0.2) is 16.1 Å². The van der Waals surface area contributed by atoms with Crippen LogP contribution in [0.1, 0.15) is 16.7 Å². The number of rotatable bonds is 6. The zero-order chi connectivity index (χ0) is 18.4. The molecule has 0 aliphatic carbocycles. The van der Waals surface area contributed by atoms with Crippen molar-refractivity contribution in [1.82, 2.24) is 10.2 Å². The molecule has 1 N–H and O–H groups in total. The number of hydrogen-bond acceptors (Lipinski definition) is 5. The molecular formula is C19H16FN3OS2. The van der Waals surface area contributed by atoms with Gasteiger partial charge in [0.15, 0.2) is 4.34 Å². The number of benzene rings is 2. The van der Waals surface area contributed by atoms with E-state index in [-0.39, 0.29) is 11.7 Å². The molecule has 7 heteroatoms. The summed E-state index contributed by atoms with van der Waals surface area (Å²) in [6.45, 7) is 2.02. The molecule has 0 aliphatic heterocycles. The Bertz CT molecular complexity index is 905. The van der Waals surface area contributed by atoms with Gasteiger partial charge in [-0.1, -0.05) is 65.1 Å². The van der Waals surface area contributed by atoms with Crippen molar-refractivity contribution in [3.63, 3.8) is 0 Å². The second-order valence-corrected chi connectivity index (χ2v) is 7.72. The van der Waals surface area contributed by atoms with Gasteiger partial charge in [0.25, 0.3) is 0 Å². The van der Waals surface area contributed by atoms with Gasteiger partial charge in [0.2, 0.25) is 11.0 Å². The molecule has 0 atom stereocenters. The van der Waals surface area contributed by atoms with Crippen LogP contribution in [0.3, 0.4) is 0 Å². The topological polar surface area (TPSA) is 54.9 Å². The van der Waals surface area contributed by atoms with Crippen LogP contribution in [-0.2, 0) is 10.5 Å². The number of hydrogen-bond donors (Lipinski definition) is 1. The molecule has 0 unspecified atom stereocenters. The Kier molecular flexibility index (Phi) is 6.14. The minimum Gasteiger partial charge on any atom is -0.297 e. The van der Waals surface area contributed by atoms with E-state index in [2.05, 4.69) is 15.5 Å². The summed E-state index contributed by atoms with van der Waals surface area (Å²) in [6, 6.07) is 14.2. The number of thioether (sulfide) groups is 1. The maximum atomic E-state index is 12.9. The van der Waals surface area contributed by atoms with Gasteiger partial charge in [0.1, 0.15) is 5.82 Å². The quantitative estimate of drug-likeness (QED) is 0.371. The molecule has 1 amide bonds. The van der Waals surface area contributed by atoms with Gasteiger partial charge in [0.05, 0.1) is 0 Å². The number of anilines is 1. The highest BCUT2D eigenvalue weighted by molar-refractivity contribution is 8.00. The summed E-state index contributed by atoms with van der Waals surface area (Å²) in [4.78, 5) is 12.0. The highest BCUT2D eigenvalue weighted by atomic mass is 32.2. The number of nitrogens with zero attached hydrogens (tertiary/aromatic N) is 2. The summed E-state index contributed by atoms with van der Waals surface area (Å²) in [5.74, 6) is 0.158. The lowest BCUT2D eigenvalue weighted by Gasteiger charge is -1.98. The molecule has 0 saturated carbocycles. The number of carbonyl (C=O) groups is 1. The van der Waals surface area contributed by atoms with Crippen LogP contribution in [0.4, 0.5) is 9.52 Å². The van der Waals surface area contributed by atoms with Crippen LogP contribution in [0.15, 0.2) is 58.9 Å². The summed E-state index contributed by atoms with van der Waals surface area (Å²) < 4.78 is 13.6. The minimum atomic E-state index is -0.253. The summed E-state index contributed by atoms with van der Waals surface area (Å²) in [5.41, 5.74) is 3.13. The first kappa shape index (κ1) is 18.3. The Labute approximate surface area is 159 Å². The lowest BCUT2D eigenvalue weighted by molar-refractivity contribution is -0.111. The van der Waals surface area contributed by atoms with Crippen LogP contribution in [0.2, 0.25) is 0 Å². The van der Waals surface area contributed by atoms with E-state index in [1.807, 2.05) is 31.2 Å². The van der Waals surface area contributed by atoms with Gasteiger partial charge < -0.3 is 0 Å². The fourth-order valence-corrected chi connectivity index (χ4v) is 3.75. The molecule has 4 nitrogen and oxygen atoms in total. The van der Waals surface area contributed by atoms with Gasteiger partial charge in [-0.2, -0.15) is 0 Å². The summed E-state index contributed by atoms with van der Waals surface area (Å²) in [6.07, 6.45) is 3.22. The predicted octanol–water partition coefficient (Wildman–Crippen LogP) is 4.93. The van der Waals surface area contributed by atoms with Crippen molar-refractivity contribution < 1.29 is 9.18 Å². The second-order valence-electron chi connectivity index (χ2n) is 5.52. The predicted molar refractivity (Wildman–Crippen MR) is 105 cm³/mol. The fraction of sp³-hybridized carbons (Fsp3) is 0.105. The van der Waals surface area contributed by atoms with Crippen molar-refractivity contribution in [2.24, 2.45) is 0 Å². The molecule has 3 aromatic rings. The van der Waals surface area contributed by atoms with Crippen LogP contribution in [0.25, 0.3) is 6.08 Å². The van der Waals surface area contributed by atoms with Crippen LogP contribution in [0, 0.1) is 12.7 Å². The molecule has 0 fully saturated rings. The van der Waals surface area contributed by atoms with Crippen molar-refractivity contribution in [2.45, 2.75) is 17.0 Å². The third kappa shape index (κ3) is 5.50. The fourth-order valence-electron chi connectivity index (χ4n) is 2.04. The molecule has 0 radical (unpaired) electrons. The van der Waals surface area contributed by atoms with Crippen LogP contribution < -0.4 is 5.32 Å². The van der Waals surface area contributed by atoms with Crippen molar-refractivity contribution in [3.05, 3.63) is 77.1 Å². The molecule has 1 heterocycles. The van der Waals surface area contributed by atoms with Crippen molar-refractivity contribution in [2.75, 3.05) is 5.32 Å². The minimum absolute atomic E-state index is 0.252. The van der Waals surface area contributed by atoms with Crippen molar-refractivity contribution in [1.29, 1.82) is 0 Å². The number of halogens is 1. The van der Waals surface area contributed by atoms with E-state index in [9.17, 15) is 9.18 Å². The third-order valence-corrected chi connectivity index (χ3v) is 5.46. The molecular weight excluding hydrogens is 369 g/mol. The van der Waals surface area contributed by atoms with E-state index >= 15 is 0 Å². The lowest BCUT2D eigenvalue weighted by Crippen LogP contribution is -2.07. The van der Waals surface area contributed by atoms with Gasteiger partial charge in [0, 0.05) is 11.8 Å². The average molecular weight is 385 g/mol. The van der Waals surface area contributed by atoms with E-state index in [0.29, 0.717) is 10.9 Å². The third-order valence-electron chi connectivity index (χ3n) is 3.42. The standard InChI is InChI=1S/C19H16FN3OS2/c1-13-2-4-14(5-3-13)8-11-17(24)21-18-22-23-19(26-18)25-12-15-6-9-16(20)10-7-15/h2-11H,12H2,1H3,(H,21,22,24)/b11-8+. The zero-order valence-electron chi connectivity index (χ0n) is 14.0. The van der Waals surface area contributed by atoms with E-state index in [1.165, 1.54) is 46.9 Å². The summed E-state index contributed by atoms with van der Waals surface area (Å²) in [7, 11) is 0. The number of aryl methyl sites for hydroxylation is 1. The van der Waals surface area contributed by atoms with Gasteiger partial charge in [-0.05, 0) is 36.3 Å². The second kappa shape index (κ2) is 8.73.